The van der Waals surface area contributed by atoms with Crippen molar-refractivity contribution in [3.63, 3.8) is 0 Å². The van der Waals surface area contributed by atoms with Crippen molar-refractivity contribution in [2.45, 2.75) is 32.3 Å². The van der Waals surface area contributed by atoms with Crippen molar-refractivity contribution in [2.75, 3.05) is 6.54 Å². The first-order chi connectivity index (χ1) is 11.1. The van der Waals surface area contributed by atoms with E-state index in [1.807, 2.05) is 17.5 Å². The molecule has 0 aliphatic heterocycles. The molecule has 2 aromatic heterocycles. The predicted octanol–water partition coefficient (Wildman–Crippen LogP) is 2.68. The largest absolute Gasteiger partial charge is 0.459 e. The topological polar surface area (TPSA) is 107 Å². The van der Waals surface area contributed by atoms with Crippen LogP contribution in [0, 0.1) is 0 Å². The molecule has 3 N–H and O–H groups in total. The first-order valence-electron chi connectivity index (χ1n) is 7.33. The molecule has 0 aliphatic carbocycles. The summed E-state index contributed by atoms with van der Waals surface area (Å²) in [5.74, 6) is 0.404. The molecule has 8 heteroatoms. The van der Waals surface area contributed by atoms with Crippen molar-refractivity contribution in [3.8, 4) is 10.6 Å². The van der Waals surface area contributed by atoms with Crippen LogP contribution >= 0.6 is 11.3 Å². The second-order valence-electron chi connectivity index (χ2n) is 4.92. The van der Waals surface area contributed by atoms with Gasteiger partial charge >= 0.3 is 12.0 Å². The van der Waals surface area contributed by atoms with Crippen molar-refractivity contribution in [3.05, 3.63) is 29.3 Å². The van der Waals surface area contributed by atoms with Gasteiger partial charge in [0.15, 0.2) is 5.76 Å². The zero-order valence-corrected chi connectivity index (χ0v) is 13.4. The van der Waals surface area contributed by atoms with E-state index in [1.165, 1.54) is 0 Å². The molecule has 124 valence electrons. The van der Waals surface area contributed by atoms with Crippen LogP contribution in [0.25, 0.3) is 10.6 Å². The molecular formula is C15H19N3O4S. The van der Waals surface area contributed by atoms with Gasteiger partial charge in [0.2, 0.25) is 0 Å². The molecule has 0 atom stereocenters. The van der Waals surface area contributed by atoms with Crippen molar-refractivity contribution in [1.29, 1.82) is 0 Å². The zero-order chi connectivity index (χ0) is 16.5. The fourth-order valence-corrected chi connectivity index (χ4v) is 2.60. The van der Waals surface area contributed by atoms with Crippen LogP contribution in [0.15, 0.2) is 28.1 Å². The maximum Gasteiger partial charge on any atom is 0.312 e. The highest BCUT2D eigenvalue weighted by Crippen LogP contribution is 2.25. The molecule has 2 amide bonds. The number of ether oxygens (including phenoxy) is 1. The Balaban J connectivity index is 1.60. The molecule has 2 heterocycles. The van der Waals surface area contributed by atoms with Crippen molar-refractivity contribution < 1.29 is 18.8 Å². The number of carbonyl (C=O) groups excluding carboxylic acids is 2. The lowest BCUT2D eigenvalue weighted by Gasteiger charge is -2.03. The summed E-state index contributed by atoms with van der Waals surface area (Å²) in [5.41, 5.74) is 5.54. The highest BCUT2D eigenvalue weighted by atomic mass is 32.1. The second kappa shape index (κ2) is 8.94. The highest BCUT2D eigenvalue weighted by Gasteiger charge is 2.10. The van der Waals surface area contributed by atoms with Gasteiger partial charge in [0, 0.05) is 19.0 Å². The van der Waals surface area contributed by atoms with E-state index in [0.717, 1.165) is 17.7 Å². The second-order valence-corrected chi connectivity index (χ2v) is 5.87. The number of esters is 1. The minimum absolute atomic E-state index is 0.108. The SMILES string of the molecule is NC(=O)NCCCCCC(=O)OCc1cc(-c2cccs2)on1. The molecule has 2 rings (SSSR count). The molecular weight excluding hydrogens is 318 g/mol. The van der Waals surface area contributed by atoms with Crippen molar-refractivity contribution in [1.82, 2.24) is 10.5 Å². The van der Waals surface area contributed by atoms with Crippen LogP contribution in [0.5, 0.6) is 0 Å². The summed E-state index contributed by atoms with van der Waals surface area (Å²) in [7, 11) is 0. The summed E-state index contributed by atoms with van der Waals surface area (Å²) in [6, 6.07) is 5.11. The van der Waals surface area contributed by atoms with Gasteiger partial charge in [-0.1, -0.05) is 17.6 Å². The van der Waals surface area contributed by atoms with E-state index in [2.05, 4.69) is 10.5 Å². The van der Waals surface area contributed by atoms with E-state index >= 15 is 0 Å². The Morgan fingerprint density at radius 3 is 2.96 bits per heavy atom. The Morgan fingerprint density at radius 2 is 2.22 bits per heavy atom. The van der Waals surface area contributed by atoms with Gasteiger partial charge in [-0.2, -0.15) is 0 Å². The predicted molar refractivity (Wildman–Crippen MR) is 85.7 cm³/mol. The standard InChI is InChI=1S/C15H19N3O4S/c16-15(20)17-7-3-1-2-6-14(19)21-10-11-9-12(22-18-11)13-5-4-8-23-13/h4-5,8-9H,1-3,6-7,10H2,(H3,16,17,20). The maximum atomic E-state index is 11.6. The highest BCUT2D eigenvalue weighted by molar-refractivity contribution is 7.13. The molecule has 0 aliphatic rings. The Kier molecular flexibility index (Phi) is 6.61. The molecule has 0 saturated heterocycles. The summed E-state index contributed by atoms with van der Waals surface area (Å²) in [5, 5.41) is 8.34. The number of rotatable bonds is 9. The summed E-state index contributed by atoms with van der Waals surface area (Å²) in [4.78, 5) is 23.1. The smallest absolute Gasteiger partial charge is 0.312 e. The number of thiophene rings is 1. The van der Waals surface area contributed by atoms with Crippen LogP contribution in [-0.2, 0) is 16.1 Å². The molecule has 0 radical (unpaired) electrons. The van der Waals surface area contributed by atoms with Gasteiger partial charge < -0.3 is 20.3 Å². The van der Waals surface area contributed by atoms with Crippen LogP contribution in [0.1, 0.15) is 31.4 Å². The molecule has 0 saturated carbocycles. The van der Waals surface area contributed by atoms with E-state index in [4.69, 9.17) is 15.0 Å². The van der Waals surface area contributed by atoms with Crippen LogP contribution in [0.4, 0.5) is 4.79 Å². The molecule has 0 bridgehead atoms. The van der Waals surface area contributed by atoms with Gasteiger partial charge in [-0.15, -0.1) is 11.3 Å². The normalized spacial score (nSPS) is 10.4. The lowest BCUT2D eigenvalue weighted by Crippen LogP contribution is -2.29. The number of urea groups is 1. The Labute approximate surface area is 137 Å². The van der Waals surface area contributed by atoms with E-state index < -0.39 is 6.03 Å². The summed E-state index contributed by atoms with van der Waals surface area (Å²) >= 11 is 1.56. The van der Waals surface area contributed by atoms with Gasteiger partial charge in [-0.25, -0.2) is 4.79 Å². The fourth-order valence-electron chi connectivity index (χ4n) is 1.92. The molecule has 0 fully saturated rings. The number of nitrogens with two attached hydrogens (primary N) is 1. The van der Waals surface area contributed by atoms with E-state index in [9.17, 15) is 9.59 Å². The Morgan fingerprint density at radius 1 is 1.35 bits per heavy atom. The monoisotopic (exact) mass is 337 g/mol. The van der Waals surface area contributed by atoms with Gasteiger partial charge in [-0.05, 0) is 24.3 Å². The maximum absolute atomic E-state index is 11.6. The fraction of sp³-hybridized carbons (Fsp3) is 0.400. The number of amides is 2. The third-order valence-electron chi connectivity index (χ3n) is 3.06. The molecule has 2 aromatic rings. The number of hydrogen-bond acceptors (Lipinski definition) is 6. The van der Waals surface area contributed by atoms with E-state index in [-0.39, 0.29) is 12.6 Å². The number of nitrogens with zero attached hydrogens (tertiary/aromatic N) is 1. The van der Waals surface area contributed by atoms with Gasteiger partial charge in [-0.3, -0.25) is 4.79 Å². The van der Waals surface area contributed by atoms with E-state index in [1.54, 1.807) is 17.4 Å². The van der Waals surface area contributed by atoms with Gasteiger partial charge in [0.25, 0.3) is 0 Å². The number of aromatic nitrogens is 1. The first-order valence-corrected chi connectivity index (χ1v) is 8.21. The summed E-state index contributed by atoms with van der Waals surface area (Å²) < 4.78 is 10.4. The Hall–Kier alpha value is -2.35. The lowest BCUT2D eigenvalue weighted by atomic mass is 10.2. The number of unbranched alkanes of at least 4 members (excludes halogenated alkanes) is 2. The number of nitrogens with one attached hydrogen (secondary N) is 1. The Bertz CT molecular complexity index is 624. The number of hydrogen-bond donors (Lipinski definition) is 2. The molecule has 23 heavy (non-hydrogen) atoms. The number of carbonyl (C=O) groups is 2. The first kappa shape index (κ1) is 17.0. The van der Waals surface area contributed by atoms with E-state index in [0.29, 0.717) is 30.8 Å². The van der Waals surface area contributed by atoms with Gasteiger partial charge in [0.1, 0.15) is 12.3 Å². The molecule has 0 unspecified atom stereocenters. The van der Waals surface area contributed by atoms with Crippen LogP contribution in [0.2, 0.25) is 0 Å². The average Bonchev–Trinajstić information content (AvgIpc) is 3.18. The van der Waals surface area contributed by atoms with Crippen LogP contribution in [-0.4, -0.2) is 23.7 Å². The van der Waals surface area contributed by atoms with Crippen molar-refractivity contribution in [2.24, 2.45) is 5.73 Å². The third kappa shape index (κ3) is 6.11. The molecule has 7 nitrogen and oxygen atoms in total. The van der Waals surface area contributed by atoms with Crippen molar-refractivity contribution >= 4 is 23.3 Å². The third-order valence-corrected chi connectivity index (χ3v) is 3.95. The molecule has 0 aromatic carbocycles. The minimum atomic E-state index is -0.529. The average molecular weight is 337 g/mol. The summed E-state index contributed by atoms with van der Waals surface area (Å²) in [6.45, 7) is 0.631. The minimum Gasteiger partial charge on any atom is -0.459 e. The van der Waals surface area contributed by atoms with Crippen LogP contribution in [0.3, 0.4) is 0 Å². The molecule has 0 spiro atoms. The number of primary amides is 1. The van der Waals surface area contributed by atoms with Gasteiger partial charge in [0.05, 0.1) is 4.88 Å². The lowest BCUT2D eigenvalue weighted by molar-refractivity contribution is -0.145. The zero-order valence-electron chi connectivity index (χ0n) is 12.6. The van der Waals surface area contributed by atoms with Crippen LogP contribution < -0.4 is 11.1 Å². The summed E-state index contributed by atoms with van der Waals surface area (Å²) in [6.07, 6.45) is 2.65. The quantitative estimate of drug-likeness (QED) is 0.540.